The van der Waals surface area contributed by atoms with Gasteiger partial charge in [0.05, 0.1) is 32.5 Å². The fourth-order valence-corrected chi connectivity index (χ4v) is 7.53. The van der Waals surface area contributed by atoms with E-state index in [1.165, 1.54) is 19.3 Å². The largest absolute Gasteiger partial charge is 0.497 e. The quantitative estimate of drug-likeness (QED) is 0.112. The van der Waals surface area contributed by atoms with Gasteiger partial charge in [0.15, 0.2) is 0 Å². The third-order valence-electron chi connectivity index (χ3n) is 10.2. The van der Waals surface area contributed by atoms with E-state index in [4.69, 9.17) is 14.2 Å². The predicted molar refractivity (Wildman–Crippen MR) is 192 cm³/mol. The molecule has 1 heterocycles. The second kappa shape index (κ2) is 17.8. The van der Waals surface area contributed by atoms with E-state index < -0.39 is 17.0 Å². The second-order valence-corrected chi connectivity index (χ2v) is 13.7. The Morgan fingerprint density at radius 2 is 1.67 bits per heavy atom. The van der Waals surface area contributed by atoms with Crippen LogP contribution in [0.4, 0.5) is 11.4 Å². The first-order valence-corrected chi connectivity index (χ1v) is 18.0. The van der Waals surface area contributed by atoms with Crippen molar-refractivity contribution in [1.29, 1.82) is 0 Å². The number of methoxy groups -OCH3 is 2. The monoisotopic (exact) mass is 661 g/mol. The maximum absolute atomic E-state index is 13.2. The summed E-state index contributed by atoms with van der Waals surface area (Å²) in [6, 6.07) is 15.7. The number of hydrogen-bond acceptors (Lipinski definition) is 9. The number of unbranched alkanes of at least 4 members (excludes halogenated alkanes) is 1. The van der Waals surface area contributed by atoms with Gasteiger partial charge in [-0.15, -0.1) is 0 Å². The Kier molecular flexibility index (Phi) is 13.3. The van der Waals surface area contributed by atoms with Crippen LogP contribution in [0, 0.1) is 11.8 Å². The van der Waals surface area contributed by atoms with Gasteiger partial charge in [0.2, 0.25) is 0 Å². The molecule has 5 rings (SSSR count). The summed E-state index contributed by atoms with van der Waals surface area (Å²) in [5, 5.41) is 18.4. The number of nitrogens with one attached hydrogen (secondary N) is 2. The summed E-state index contributed by atoms with van der Waals surface area (Å²) in [7, 11) is 3.25. The van der Waals surface area contributed by atoms with Gasteiger partial charge in [-0.1, -0.05) is 75.8 Å². The Morgan fingerprint density at radius 1 is 0.938 bits per heavy atom. The highest BCUT2D eigenvalue weighted by Crippen LogP contribution is 2.36. The van der Waals surface area contributed by atoms with E-state index in [0.29, 0.717) is 61.6 Å². The zero-order valence-corrected chi connectivity index (χ0v) is 29.0. The van der Waals surface area contributed by atoms with E-state index in [-0.39, 0.29) is 18.1 Å². The van der Waals surface area contributed by atoms with Gasteiger partial charge >= 0.3 is 0 Å². The van der Waals surface area contributed by atoms with Gasteiger partial charge in [-0.05, 0) is 54.9 Å². The Morgan fingerprint density at radius 3 is 2.35 bits per heavy atom. The number of hydrogen-bond donors (Lipinski definition) is 3. The molecule has 1 saturated heterocycles. The molecule has 0 spiro atoms. The average molecular weight is 662 g/mol. The van der Waals surface area contributed by atoms with Crippen LogP contribution in [0.1, 0.15) is 88.4 Å². The first-order valence-electron chi connectivity index (χ1n) is 18.0. The van der Waals surface area contributed by atoms with Gasteiger partial charge in [0, 0.05) is 44.8 Å². The second-order valence-electron chi connectivity index (χ2n) is 13.7. The molecule has 4 atom stereocenters. The fourth-order valence-electron chi connectivity index (χ4n) is 7.53. The van der Waals surface area contributed by atoms with E-state index in [2.05, 4.69) is 34.6 Å². The van der Waals surface area contributed by atoms with Crippen LogP contribution >= 0.6 is 0 Å². The lowest BCUT2D eigenvalue weighted by Gasteiger charge is -2.40. The Balaban J connectivity index is 1.30. The Bertz CT molecular complexity index is 1460. The third-order valence-corrected chi connectivity index (χ3v) is 10.2. The third kappa shape index (κ3) is 9.18. The van der Waals surface area contributed by atoms with Gasteiger partial charge in [-0.25, -0.2) is 0 Å². The first-order chi connectivity index (χ1) is 23.4. The SMILES string of the molecule is CCCCOC(c1ccccc1)[C@@H]1CCCN(c2c(N[C@@H](CC3CCCCC3)[C@@H](O)CNCc3cc(OC)cc(OC)c3)c(=O)c2=O)C1. The van der Waals surface area contributed by atoms with E-state index in [1.54, 1.807) is 14.2 Å². The van der Waals surface area contributed by atoms with Crippen molar-refractivity contribution < 1.29 is 19.3 Å². The molecule has 262 valence electrons. The van der Waals surface area contributed by atoms with E-state index in [1.807, 2.05) is 36.4 Å². The maximum atomic E-state index is 13.2. The van der Waals surface area contributed by atoms with Crippen molar-refractivity contribution >= 4 is 11.4 Å². The van der Waals surface area contributed by atoms with Crippen molar-refractivity contribution in [2.45, 2.75) is 95.9 Å². The molecule has 1 aliphatic heterocycles. The van der Waals surface area contributed by atoms with E-state index in [9.17, 15) is 14.7 Å². The van der Waals surface area contributed by atoms with Crippen molar-refractivity contribution in [2.75, 3.05) is 50.7 Å². The van der Waals surface area contributed by atoms with Crippen LogP contribution in [0.5, 0.6) is 11.5 Å². The van der Waals surface area contributed by atoms with Gasteiger partial charge < -0.3 is 34.9 Å². The number of ether oxygens (including phenoxy) is 3. The zero-order chi connectivity index (χ0) is 33.9. The topological polar surface area (TPSA) is 109 Å². The van der Waals surface area contributed by atoms with E-state index in [0.717, 1.165) is 56.1 Å². The Hall–Kier alpha value is -3.40. The van der Waals surface area contributed by atoms with Crippen molar-refractivity contribution in [3.05, 3.63) is 80.1 Å². The van der Waals surface area contributed by atoms with Crippen molar-refractivity contribution in [1.82, 2.24) is 5.32 Å². The van der Waals surface area contributed by atoms with Crippen LogP contribution in [-0.2, 0) is 11.3 Å². The van der Waals surface area contributed by atoms with Crippen LogP contribution in [0.25, 0.3) is 0 Å². The van der Waals surface area contributed by atoms with Crippen LogP contribution < -0.4 is 35.9 Å². The molecule has 0 amide bonds. The summed E-state index contributed by atoms with van der Waals surface area (Å²) >= 11 is 0. The van der Waals surface area contributed by atoms with Gasteiger partial charge in [0.25, 0.3) is 10.9 Å². The number of aliphatic hydroxyl groups is 1. The molecule has 48 heavy (non-hydrogen) atoms. The molecule has 0 aromatic heterocycles. The highest BCUT2D eigenvalue weighted by Gasteiger charge is 2.35. The predicted octanol–water partition coefficient (Wildman–Crippen LogP) is 5.98. The van der Waals surface area contributed by atoms with E-state index >= 15 is 0 Å². The molecule has 3 N–H and O–H groups in total. The summed E-state index contributed by atoms with van der Waals surface area (Å²) in [4.78, 5) is 28.4. The summed E-state index contributed by atoms with van der Waals surface area (Å²) < 4.78 is 17.3. The van der Waals surface area contributed by atoms with Crippen LogP contribution in [0.15, 0.2) is 58.1 Å². The van der Waals surface area contributed by atoms with Gasteiger partial charge in [-0.3, -0.25) is 9.59 Å². The summed E-state index contributed by atoms with van der Waals surface area (Å²) in [6.07, 6.45) is 9.74. The molecule has 1 saturated carbocycles. The van der Waals surface area contributed by atoms with Crippen molar-refractivity contribution in [3.8, 4) is 11.5 Å². The normalized spacial score (nSPS) is 19.2. The maximum Gasteiger partial charge on any atom is 0.253 e. The van der Waals surface area contributed by atoms with Crippen molar-refractivity contribution in [2.24, 2.45) is 11.8 Å². The lowest BCUT2D eigenvalue weighted by Crippen LogP contribution is -2.50. The average Bonchev–Trinajstić information content (AvgIpc) is 3.13. The minimum Gasteiger partial charge on any atom is -0.497 e. The summed E-state index contributed by atoms with van der Waals surface area (Å²) in [5.74, 6) is 2.07. The number of nitrogens with zero attached hydrogens (tertiary/aromatic N) is 1. The number of aliphatic hydroxyl groups excluding tert-OH is 1. The molecule has 0 bridgehead atoms. The molecule has 0 radical (unpaired) electrons. The molecular weight excluding hydrogens is 606 g/mol. The zero-order valence-electron chi connectivity index (χ0n) is 29.0. The smallest absolute Gasteiger partial charge is 0.253 e. The van der Waals surface area contributed by atoms with Gasteiger partial charge in [0.1, 0.15) is 22.9 Å². The summed E-state index contributed by atoms with van der Waals surface area (Å²) in [5.41, 5.74) is 2.05. The van der Waals surface area contributed by atoms with Crippen LogP contribution in [0.3, 0.4) is 0 Å². The van der Waals surface area contributed by atoms with Crippen LogP contribution in [0.2, 0.25) is 0 Å². The molecule has 2 fully saturated rings. The lowest BCUT2D eigenvalue weighted by atomic mass is 9.83. The number of anilines is 2. The van der Waals surface area contributed by atoms with Crippen LogP contribution in [-0.4, -0.2) is 57.7 Å². The molecule has 1 aliphatic carbocycles. The number of rotatable bonds is 18. The minimum absolute atomic E-state index is 0.0695. The highest BCUT2D eigenvalue weighted by molar-refractivity contribution is 5.75. The molecule has 3 aromatic carbocycles. The molecule has 3 aromatic rings. The Labute approximate surface area is 285 Å². The van der Waals surface area contributed by atoms with Crippen molar-refractivity contribution in [3.63, 3.8) is 0 Å². The molecule has 2 aliphatic rings. The summed E-state index contributed by atoms with van der Waals surface area (Å²) in [6.45, 7) is 5.06. The molecular formula is C39H55N3O6. The lowest BCUT2D eigenvalue weighted by molar-refractivity contribution is 0.00454. The number of benzene rings is 2. The molecule has 1 unspecified atom stereocenters. The standard InChI is InChI=1S/C39H55N3O6/c1-4-5-19-48-39(29-15-10-7-11-16-29)30-17-12-18-42(26-30)36-35(37(44)38(36)45)41-33(22-27-13-8-6-9-14-27)34(43)25-40-24-28-20-31(46-2)23-32(21-28)47-3/h7,10-11,15-16,20-21,23,27,30,33-34,39-41,43H,4-6,8-9,12-14,17-19,22,24-26H2,1-3H3/t30-,33+,34+,39?/m1/s1. The highest BCUT2D eigenvalue weighted by atomic mass is 16.5. The molecule has 9 nitrogen and oxygen atoms in total. The number of piperidine rings is 1. The first kappa shape index (κ1) is 35.9. The van der Waals surface area contributed by atoms with Gasteiger partial charge in [-0.2, -0.15) is 0 Å². The molecule has 9 heteroatoms. The fraction of sp³-hybridized carbons (Fsp3) is 0.590. The minimum atomic E-state index is -0.764.